The van der Waals surface area contributed by atoms with E-state index < -0.39 is 17.6 Å². The first-order chi connectivity index (χ1) is 14.1. The fourth-order valence-corrected chi connectivity index (χ4v) is 3.77. The summed E-state index contributed by atoms with van der Waals surface area (Å²) in [4.78, 5) is 12.9. The Bertz CT molecular complexity index is 1090. The van der Waals surface area contributed by atoms with Crippen LogP contribution in [-0.2, 0) is 12.6 Å². The van der Waals surface area contributed by atoms with Gasteiger partial charge in [0.05, 0.1) is 16.8 Å². The van der Waals surface area contributed by atoms with Crippen LogP contribution in [0.2, 0.25) is 5.02 Å². The van der Waals surface area contributed by atoms with Gasteiger partial charge in [0.2, 0.25) is 0 Å². The molecule has 0 radical (unpaired) electrons. The summed E-state index contributed by atoms with van der Waals surface area (Å²) in [6.45, 7) is 3.10. The first-order valence-electron chi connectivity index (χ1n) is 9.20. The van der Waals surface area contributed by atoms with Crippen molar-refractivity contribution >= 4 is 23.2 Å². The molecule has 3 aromatic rings. The Morgan fingerprint density at radius 2 is 1.83 bits per heavy atom. The molecule has 0 aliphatic rings. The lowest BCUT2D eigenvalue weighted by Gasteiger charge is -2.17. The van der Waals surface area contributed by atoms with Crippen LogP contribution in [0.3, 0.4) is 0 Å². The summed E-state index contributed by atoms with van der Waals surface area (Å²) < 4.78 is 41.9. The average Bonchev–Trinajstić information content (AvgIpc) is 2.98. The van der Waals surface area contributed by atoms with Crippen LogP contribution in [0.4, 0.5) is 18.9 Å². The second-order valence-electron chi connectivity index (χ2n) is 6.83. The lowest BCUT2D eigenvalue weighted by atomic mass is 10.1. The van der Waals surface area contributed by atoms with Gasteiger partial charge in [-0.1, -0.05) is 29.8 Å². The zero-order chi connectivity index (χ0) is 22.1. The summed E-state index contributed by atoms with van der Waals surface area (Å²) in [6, 6.07) is 11.8. The summed E-state index contributed by atoms with van der Waals surface area (Å²) in [5, 5.41) is 12.4. The number of aryl methyl sites for hydroxylation is 1. The van der Waals surface area contributed by atoms with Crippen molar-refractivity contribution in [3.63, 3.8) is 0 Å². The largest absolute Gasteiger partial charge is 0.418 e. The molecule has 158 valence electrons. The molecule has 1 amide bonds. The molecule has 3 rings (SSSR count). The Hall–Kier alpha value is -2.77. The van der Waals surface area contributed by atoms with E-state index in [0.717, 1.165) is 6.07 Å². The Kier molecular flexibility index (Phi) is 6.24. The number of hydrogen-bond donors (Lipinski definition) is 2. The van der Waals surface area contributed by atoms with Crippen molar-refractivity contribution in [2.24, 2.45) is 0 Å². The van der Waals surface area contributed by atoms with E-state index in [4.69, 9.17) is 11.6 Å². The number of amides is 1. The van der Waals surface area contributed by atoms with E-state index >= 15 is 0 Å². The monoisotopic (exact) mass is 436 g/mol. The van der Waals surface area contributed by atoms with Gasteiger partial charge in [0.15, 0.2) is 0 Å². The van der Waals surface area contributed by atoms with E-state index in [1.165, 1.54) is 22.8 Å². The van der Waals surface area contributed by atoms with Gasteiger partial charge in [-0.05, 0) is 56.2 Å². The first kappa shape index (κ1) is 21.9. The third-order valence-corrected chi connectivity index (χ3v) is 5.21. The SMILES string of the molecule is Cc1cc(C(=O)Nc2cccc(Cl)c2CCO)c(C)n1-c1ccccc1C(F)(F)F. The van der Waals surface area contributed by atoms with Crippen LogP contribution in [0.25, 0.3) is 5.69 Å². The number of aliphatic hydroxyl groups is 1. The summed E-state index contributed by atoms with van der Waals surface area (Å²) >= 11 is 6.17. The molecule has 0 aliphatic carbocycles. The van der Waals surface area contributed by atoms with Gasteiger partial charge in [0, 0.05) is 28.7 Å². The Balaban J connectivity index is 2.02. The molecule has 1 aromatic heterocycles. The second kappa shape index (κ2) is 8.53. The Morgan fingerprint density at radius 1 is 1.13 bits per heavy atom. The Labute approximate surface area is 176 Å². The molecule has 2 aromatic carbocycles. The number of aliphatic hydroxyl groups excluding tert-OH is 1. The molecule has 0 aliphatic heterocycles. The third kappa shape index (κ3) is 4.22. The van der Waals surface area contributed by atoms with Gasteiger partial charge in [0.25, 0.3) is 5.91 Å². The second-order valence-corrected chi connectivity index (χ2v) is 7.24. The zero-order valence-electron chi connectivity index (χ0n) is 16.3. The molecular weight excluding hydrogens is 417 g/mol. The summed E-state index contributed by atoms with van der Waals surface area (Å²) in [5.41, 5.74) is 1.35. The average molecular weight is 437 g/mol. The predicted molar refractivity (Wildman–Crippen MR) is 110 cm³/mol. The smallest absolute Gasteiger partial charge is 0.396 e. The minimum Gasteiger partial charge on any atom is -0.396 e. The molecule has 1 heterocycles. The van der Waals surface area contributed by atoms with Crippen LogP contribution < -0.4 is 5.32 Å². The van der Waals surface area contributed by atoms with Crippen molar-refractivity contribution in [3.05, 3.63) is 81.6 Å². The number of nitrogens with one attached hydrogen (secondary N) is 1. The Morgan fingerprint density at radius 3 is 2.50 bits per heavy atom. The van der Waals surface area contributed by atoms with Gasteiger partial charge in [0.1, 0.15) is 0 Å². The lowest BCUT2D eigenvalue weighted by molar-refractivity contribution is -0.137. The van der Waals surface area contributed by atoms with Crippen LogP contribution in [-0.4, -0.2) is 22.2 Å². The minimum absolute atomic E-state index is 0.0391. The molecule has 0 unspecified atom stereocenters. The van der Waals surface area contributed by atoms with Gasteiger partial charge in [-0.25, -0.2) is 0 Å². The maximum Gasteiger partial charge on any atom is 0.418 e. The summed E-state index contributed by atoms with van der Waals surface area (Å²) in [5.74, 6) is -0.472. The van der Waals surface area contributed by atoms with Crippen molar-refractivity contribution in [1.29, 1.82) is 0 Å². The number of carbonyl (C=O) groups is 1. The molecule has 4 nitrogen and oxygen atoms in total. The highest BCUT2D eigenvalue weighted by Gasteiger charge is 2.34. The van der Waals surface area contributed by atoms with E-state index in [2.05, 4.69) is 5.32 Å². The molecule has 8 heteroatoms. The third-order valence-electron chi connectivity index (χ3n) is 4.85. The number of rotatable bonds is 5. The molecule has 2 N–H and O–H groups in total. The van der Waals surface area contributed by atoms with E-state index in [1.54, 1.807) is 38.1 Å². The van der Waals surface area contributed by atoms with Crippen molar-refractivity contribution < 1.29 is 23.1 Å². The zero-order valence-corrected chi connectivity index (χ0v) is 17.1. The van der Waals surface area contributed by atoms with E-state index in [-0.39, 0.29) is 24.3 Å². The van der Waals surface area contributed by atoms with Crippen LogP contribution >= 0.6 is 11.6 Å². The molecule has 30 heavy (non-hydrogen) atoms. The van der Waals surface area contributed by atoms with Gasteiger partial charge in [-0.2, -0.15) is 13.2 Å². The normalized spacial score (nSPS) is 11.6. The number of hydrogen-bond acceptors (Lipinski definition) is 2. The molecule has 0 bridgehead atoms. The van der Waals surface area contributed by atoms with Gasteiger partial charge in [-0.3, -0.25) is 4.79 Å². The van der Waals surface area contributed by atoms with Gasteiger partial charge >= 0.3 is 6.18 Å². The van der Waals surface area contributed by atoms with Gasteiger partial charge < -0.3 is 15.0 Å². The molecule has 0 atom stereocenters. The first-order valence-corrected chi connectivity index (χ1v) is 9.58. The highest BCUT2D eigenvalue weighted by atomic mass is 35.5. The molecular formula is C22H20ClF3N2O2. The number of benzene rings is 2. The summed E-state index contributed by atoms with van der Waals surface area (Å²) in [7, 11) is 0. The fourth-order valence-electron chi connectivity index (χ4n) is 3.50. The van der Waals surface area contributed by atoms with Crippen molar-refractivity contribution in [1.82, 2.24) is 4.57 Å². The number of nitrogens with zero attached hydrogens (tertiary/aromatic N) is 1. The quantitative estimate of drug-likeness (QED) is 0.550. The highest BCUT2D eigenvalue weighted by Crippen LogP contribution is 2.35. The topological polar surface area (TPSA) is 54.3 Å². The number of aromatic nitrogens is 1. The van der Waals surface area contributed by atoms with Crippen molar-refractivity contribution in [2.45, 2.75) is 26.4 Å². The maximum atomic E-state index is 13.5. The van der Waals surface area contributed by atoms with Gasteiger partial charge in [-0.15, -0.1) is 0 Å². The van der Waals surface area contributed by atoms with Crippen LogP contribution in [0.1, 0.15) is 32.9 Å². The number of anilines is 1. The standard InChI is InChI=1S/C22H20ClF3N2O2/c1-13-12-16(21(30)27-19-8-5-7-18(23)15(19)10-11-29)14(2)28(13)20-9-4-3-6-17(20)22(24,25)26/h3-9,12,29H,10-11H2,1-2H3,(H,27,30). The van der Waals surface area contributed by atoms with Crippen LogP contribution in [0, 0.1) is 13.8 Å². The van der Waals surface area contributed by atoms with Crippen LogP contribution in [0.15, 0.2) is 48.5 Å². The molecule has 0 spiro atoms. The van der Waals surface area contributed by atoms with E-state index in [0.29, 0.717) is 27.7 Å². The molecule has 0 fully saturated rings. The van der Waals surface area contributed by atoms with E-state index in [1.807, 2.05) is 0 Å². The van der Waals surface area contributed by atoms with E-state index in [9.17, 15) is 23.1 Å². The lowest BCUT2D eigenvalue weighted by Crippen LogP contribution is -2.16. The molecule has 0 saturated heterocycles. The fraction of sp³-hybridized carbons (Fsp3) is 0.227. The molecule has 0 saturated carbocycles. The van der Waals surface area contributed by atoms with Crippen molar-refractivity contribution in [2.75, 3.05) is 11.9 Å². The highest BCUT2D eigenvalue weighted by molar-refractivity contribution is 6.31. The summed E-state index contributed by atoms with van der Waals surface area (Å²) in [6.07, 6.45) is -4.27. The van der Waals surface area contributed by atoms with Crippen molar-refractivity contribution in [3.8, 4) is 5.69 Å². The number of carbonyl (C=O) groups excluding carboxylic acids is 1. The predicted octanol–water partition coefficient (Wildman–Crippen LogP) is 5.55. The minimum atomic E-state index is -4.53. The maximum absolute atomic E-state index is 13.5. The number of alkyl halides is 3. The van der Waals surface area contributed by atoms with Crippen LogP contribution in [0.5, 0.6) is 0 Å². The number of para-hydroxylation sites is 1. The number of halogens is 4.